The number of carbonyl (C=O) groups is 3. The van der Waals surface area contributed by atoms with E-state index >= 15 is 0 Å². The van der Waals surface area contributed by atoms with E-state index in [2.05, 4.69) is 34.5 Å². The van der Waals surface area contributed by atoms with Gasteiger partial charge in [-0.25, -0.2) is 0 Å². The molecule has 1 aliphatic rings. The number of nitrogens with one attached hydrogen (secondary N) is 2. The Balaban J connectivity index is 1.57. The minimum absolute atomic E-state index is 0.132. The largest absolute Gasteiger partial charge is 0.353 e. The lowest BCUT2D eigenvalue weighted by Gasteiger charge is -2.21. The van der Waals surface area contributed by atoms with Crippen molar-refractivity contribution < 1.29 is 14.4 Å². The van der Waals surface area contributed by atoms with E-state index in [4.69, 9.17) is 0 Å². The van der Waals surface area contributed by atoms with Crippen molar-refractivity contribution in [3.63, 3.8) is 0 Å². The van der Waals surface area contributed by atoms with Gasteiger partial charge in [-0.15, -0.1) is 0 Å². The summed E-state index contributed by atoms with van der Waals surface area (Å²) in [4.78, 5) is 41.7. The van der Waals surface area contributed by atoms with Crippen LogP contribution >= 0.6 is 0 Å². The predicted molar refractivity (Wildman–Crippen MR) is 126 cm³/mol. The first-order valence-electron chi connectivity index (χ1n) is 11.6. The Morgan fingerprint density at radius 2 is 1.88 bits per heavy atom. The highest BCUT2D eigenvalue weighted by atomic mass is 16.2. The Bertz CT molecular complexity index is 982. The number of hydrogen-bond donors (Lipinski definition) is 2. The van der Waals surface area contributed by atoms with Crippen molar-refractivity contribution >= 4 is 17.7 Å². The van der Waals surface area contributed by atoms with Crippen molar-refractivity contribution in [1.82, 2.24) is 30.2 Å². The Morgan fingerprint density at radius 1 is 1.12 bits per heavy atom. The first-order valence-corrected chi connectivity index (χ1v) is 11.6. The summed E-state index contributed by atoms with van der Waals surface area (Å²) in [5, 5.41) is 9.73. The lowest BCUT2D eigenvalue weighted by molar-refractivity contribution is -0.120. The molecule has 3 rings (SSSR count). The predicted octanol–water partition coefficient (Wildman–Crippen LogP) is 1.43. The normalized spacial score (nSPS) is 13.6. The first-order chi connectivity index (χ1) is 15.9. The zero-order valence-corrected chi connectivity index (χ0v) is 19.8. The number of aromatic nitrogens is 2. The molecule has 9 heteroatoms. The number of likely N-dealkylation sites (N-methyl/N-ethyl adjacent to an activating group) is 1. The van der Waals surface area contributed by atoms with Crippen LogP contribution < -0.4 is 10.6 Å². The van der Waals surface area contributed by atoms with Crippen LogP contribution in [0.2, 0.25) is 0 Å². The molecule has 3 amide bonds. The molecule has 1 aromatic carbocycles. The molecule has 178 valence electrons. The molecule has 0 aliphatic carbocycles. The summed E-state index contributed by atoms with van der Waals surface area (Å²) in [6, 6.07) is 9.53. The van der Waals surface area contributed by atoms with Gasteiger partial charge in [-0.3, -0.25) is 19.1 Å². The number of fused-ring (bicyclic) bond motifs is 1. The van der Waals surface area contributed by atoms with Gasteiger partial charge in [-0.2, -0.15) is 5.10 Å². The van der Waals surface area contributed by atoms with E-state index in [1.807, 2.05) is 31.2 Å². The van der Waals surface area contributed by atoms with Crippen molar-refractivity contribution in [1.29, 1.82) is 0 Å². The Labute approximate surface area is 195 Å². The van der Waals surface area contributed by atoms with Gasteiger partial charge in [0.1, 0.15) is 5.69 Å². The SMILES string of the molecule is CCN(CC)CCNC(=O)CNC(=O)c1cc2n(n1)CCCN(Cc1ccccc1C)C2=O. The summed E-state index contributed by atoms with van der Waals surface area (Å²) in [6.07, 6.45) is 0.752. The molecule has 0 saturated carbocycles. The molecule has 1 aromatic heterocycles. The standard InChI is InChI=1S/C24H34N6O3/c1-4-28(5-2)14-11-25-22(31)16-26-23(32)20-15-21-24(33)29(12-8-13-30(21)27-20)17-19-10-7-6-9-18(19)3/h6-7,9-10,15H,4-5,8,11-14,16-17H2,1-3H3,(H,25,31)(H,26,32). The second kappa shape index (κ2) is 11.6. The number of aryl methyl sites for hydroxylation is 2. The summed E-state index contributed by atoms with van der Waals surface area (Å²) >= 11 is 0. The van der Waals surface area contributed by atoms with E-state index in [0.717, 1.165) is 37.2 Å². The Kier molecular flexibility index (Phi) is 8.59. The van der Waals surface area contributed by atoms with Crippen LogP contribution in [0.15, 0.2) is 30.3 Å². The number of nitrogens with zero attached hydrogens (tertiary/aromatic N) is 4. The van der Waals surface area contributed by atoms with Crippen molar-refractivity contribution in [2.45, 2.75) is 40.3 Å². The van der Waals surface area contributed by atoms with Gasteiger partial charge in [0.15, 0.2) is 5.69 Å². The molecule has 1 aliphatic heterocycles. The molecule has 9 nitrogen and oxygen atoms in total. The summed E-state index contributed by atoms with van der Waals surface area (Å²) in [6.45, 7) is 10.9. The van der Waals surface area contributed by atoms with Gasteiger partial charge in [0, 0.05) is 38.8 Å². The zero-order chi connectivity index (χ0) is 23.8. The number of carbonyl (C=O) groups excluding carboxylic acids is 3. The van der Waals surface area contributed by atoms with E-state index in [9.17, 15) is 14.4 Å². The van der Waals surface area contributed by atoms with Gasteiger partial charge < -0.3 is 20.4 Å². The van der Waals surface area contributed by atoms with E-state index in [0.29, 0.717) is 31.9 Å². The van der Waals surface area contributed by atoms with Crippen LogP contribution in [0.1, 0.15) is 52.4 Å². The van der Waals surface area contributed by atoms with Crippen molar-refractivity contribution in [2.24, 2.45) is 0 Å². The molecule has 0 unspecified atom stereocenters. The quantitative estimate of drug-likeness (QED) is 0.566. The monoisotopic (exact) mass is 454 g/mol. The molecular weight excluding hydrogens is 420 g/mol. The first kappa shape index (κ1) is 24.4. The smallest absolute Gasteiger partial charge is 0.272 e. The molecular formula is C24H34N6O3. The van der Waals surface area contributed by atoms with Crippen LogP contribution in [-0.2, 0) is 17.9 Å². The average Bonchev–Trinajstić information content (AvgIpc) is 3.19. The van der Waals surface area contributed by atoms with E-state index in [1.165, 1.54) is 6.07 Å². The second-order valence-electron chi connectivity index (χ2n) is 8.20. The van der Waals surface area contributed by atoms with E-state index in [-0.39, 0.29) is 24.1 Å². The third kappa shape index (κ3) is 6.41. The Hall–Kier alpha value is -3.20. The molecule has 0 atom stereocenters. The van der Waals surface area contributed by atoms with Crippen LogP contribution in [0.3, 0.4) is 0 Å². The third-order valence-electron chi connectivity index (χ3n) is 5.99. The van der Waals surface area contributed by atoms with Gasteiger partial charge >= 0.3 is 0 Å². The Morgan fingerprint density at radius 3 is 2.61 bits per heavy atom. The molecule has 0 saturated heterocycles. The highest BCUT2D eigenvalue weighted by molar-refractivity contribution is 5.99. The number of benzene rings is 1. The molecule has 0 bridgehead atoms. The lowest BCUT2D eigenvalue weighted by Crippen LogP contribution is -2.40. The fourth-order valence-corrected chi connectivity index (χ4v) is 3.90. The molecule has 0 radical (unpaired) electrons. The number of rotatable bonds is 10. The van der Waals surface area contributed by atoms with E-state index in [1.54, 1.807) is 9.58 Å². The van der Waals surface area contributed by atoms with Crippen LogP contribution in [0.25, 0.3) is 0 Å². The van der Waals surface area contributed by atoms with Crippen LogP contribution in [0.5, 0.6) is 0 Å². The molecule has 0 spiro atoms. The number of hydrogen-bond acceptors (Lipinski definition) is 5. The molecule has 2 aromatic rings. The van der Waals surface area contributed by atoms with Gasteiger partial charge in [-0.05, 0) is 37.6 Å². The van der Waals surface area contributed by atoms with Crippen LogP contribution in [0, 0.1) is 6.92 Å². The average molecular weight is 455 g/mol. The molecule has 2 N–H and O–H groups in total. The van der Waals surface area contributed by atoms with Gasteiger partial charge in [0.25, 0.3) is 11.8 Å². The lowest BCUT2D eigenvalue weighted by atomic mass is 10.1. The molecule has 33 heavy (non-hydrogen) atoms. The van der Waals surface area contributed by atoms with Crippen molar-refractivity contribution in [2.75, 3.05) is 39.3 Å². The van der Waals surface area contributed by atoms with Crippen molar-refractivity contribution in [3.8, 4) is 0 Å². The fraction of sp³-hybridized carbons (Fsp3) is 0.500. The van der Waals surface area contributed by atoms with Crippen LogP contribution in [0.4, 0.5) is 0 Å². The summed E-state index contributed by atoms with van der Waals surface area (Å²) in [5.41, 5.74) is 2.78. The van der Waals surface area contributed by atoms with Gasteiger partial charge in [0.05, 0.1) is 6.54 Å². The van der Waals surface area contributed by atoms with Crippen LogP contribution in [-0.4, -0.2) is 76.6 Å². The van der Waals surface area contributed by atoms with Crippen molar-refractivity contribution in [3.05, 3.63) is 52.8 Å². The summed E-state index contributed by atoms with van der Waals surface area (Å²) < 4.78 is 1.60. The molecule has 2 heterocycles. The van der Waals surface area contributed by atoms with Gasteiger partial charge in [0.2, 0.25) is 5.91 Å². The fourth-order valence-electron chi connectivity index (χ4n) is 3.90. The summed E-state index contributed by atoms with van der Waals surface area (Å²) in [5.74, 6) is -0.860. The third-order valence-corrected chi connectivity index (χ3v) is 5.99. The minimum atomic E-state index is -0.465. The number of amides is 3. The second-order valence-corrected chi connectivity index (χ2v) is 8.20. The highest BCUT2D eigenvalue weighted by Crippen LogP contribution is 2.18. The zero-order valence-electron chi connectivity index (χ0n) is 19.8. The summed E-state index contributed by atoms with van der Waals surface area (Å²) in [7, 11) is 0. The topological polar surface area (TPSA) is 99.6 Å². The van der Waals surface area contributed by atoms with Gasteiger partial charge in [-0.1, -0.05) is 38.1 Å². The molecule has 0 fully saturated rings. The maximum absolute atomic E-state index is 13.1. The highest BCUT2D eigenvalue weighted by Gasteiger charge is 2.26. The minimum Gasteiger partial charge on any atom is -0.353 e. The maximum atomic E-state index is 13.1. The van der Waals surface area contributed by atoms with E-state index < -0.39 is 5.91 Å². The maximum Gasteiger partial charge on any atom is 0.272 e.